The first-order chi connectivity index (χ1) is 8.81. The molecule has 2 rings (SSSR count). The number of aromatic nitrogens is 1. The van der Waals surface area contributed by atoms with Gasteiger partial charge in [-0.15, -0.1) is 0 Å². The summed E-state index contributed by atoms with van der Waals surface area (Å²) in [5.74, 6) is 1.11. The van der Waals surface area contributed by atoms with Crippen molar-refractivity contribution in [3.05, 3.63) is 24.4 Å². The molecule has 98 valence electrons. The first-order valence-electron chi connectivity index (χ1n) is 6.45. The van der Waals surface area contributed by atoms with Crippen molar-refractivity contribution in [1.82, 2.24) is 10.3 Å². The van der Waals surface area contributed by atoms with E-state index >= 15 is 0 Å². The molecule has 1 aliphatic heterocycles. The first-order valence-corrected chi connectivity index (χ1v) is 6.45. The summed E-state index contributed by atoms with van der Waals surface area (Å²) >= 11 is 0. The average molecular weight is 248 g/mol. The van der Waals surface area contributed by atoms with Gasteiger partial charge in [-0.05, 0) is 25.0 Å². The van der Waals surface area contributed by atoms with Crippen LogP contribution in [0.15, 0.2) is 24.4 Å². The summed E-state index contributed by atoms with van der Waals surface area (Å²) in [5.41, 5.74) is 5.39. The number of hydrogen-bond donors (Lipinski definition) is 2. The van der Waals surface area contributed by atoms with Crippen molar-refractivity contribution in [2.24, 2.45) is 11.7 Å². The molecule has 0 bridgehead atoms. The van der Waals surface area contributed by atoms with E-state index in [9.17, 15) is 4.79 Å². The zero-order valence-corrected chi connectivity index (χ0v) is 10.5. The van der Waals surface area contributed by atoms with Crippen molar-refractivity contribution >= 4 is 11.7 Å². The van der Waals surface area contributed by atoms with Crippen LogP contribution in [0, 0.1) is 5.92 Å². The summed E-state index contributed by atoms with van der Waals surface area (Å²) in [5, 5.41) is 2.86. The van der Waals surface area contributed by atoms with Gasteiger partial charge in [0, 0.05) is 32.4 Å². The number of piperidine rings is 1. The van der Waals surface area contributed by atoms with Gasteiger partial charge in [-0.1, -0.05) is 6.07 Å². The number of carbonyl (C=O) groups excluding carboxylic acids is 1. The highest BCUT2D eigenvalue weighted by molar-refractivity contribution is 5.79. The van der Waals surface area contributed by atoms with Crippen LogP contribution in [0.2, 0.25) is 0 Å². The third-order valence-corrected chi connectivity index (χ3v) is 3.21. The second-order valence-corrected chi connectivity index (χ2v) is 4.55. The quantitative estimate of drug-likeness (QED) is 0.807. The van der Waals surface area contributed by atoms with Gasteiger partial charge in [0.2, 0.25) is 5.91 Å². The molecule has 2 heterocycles. The van der Waals surface area contributed by atoms with Crippen molar-refractivity contribution in [1.29, 1.82) is 0 Å². The molecule has 0 spiro atoms. The highest BCUT2D eigenvalue weighted by Gasteiger charge is 2.25. The van der Waals surface area contributed by atoms with Gasteiger partial charge in [0.05, 0.1) is 5.92 Å². The molecular formula is C13H20N4O. The normalized spacial score (nSPS) is 19.6. The fraction of sp³-hybridized carbons (Fsp3) is 0.538. The molecule has 18 heavy (non-hydrogen) atoms. The van der Waals surface area contributed by atoms with Crippen molar-refractivity contribution in [3.63, 3.8) is 0 Å². The summed E-state index contributed by atoms with van der Waals surface area (Å²) in [7, 11) is 0. The Bertz CT molecular complexity index is 382. The number of nitrogens with one attached hydrogen (secondary N) is 1. The second kappa shape index (κ2) is 6.35. The summed E-state index contributed by atoms with van der Waals surface area (Å²) in [4.78, 5) is 18.4. The lowest BCUT2D eigenvalue weighted by atomic mass is 9.97. The summed E-state index contributed by atoms with van der Waals surface area (Å²) < 4.78 is 0. The highest BCUT2D eigenvalue weighted by atomic mass is 16.1. The minimum absolute atomic E-state index is 0.0484. The monoisotopic (exact) mass is 248 g/mol. The summed E-state index contributed by atoms with van der Waals surface area (Å²) in [6.07, 6.45) is 3.75. The molecule has 1 atom stereocenters. The fourth-order valence-corrected chi connectivity index (χ4v) is 2.28. The van der Waals surface area contributed by atoms with E-state index in [1.54, 1.807) is 6.20 Å². The first kappa shape index (κ1) is 12.8. The largest absolute Gasteiger partial charge is 0.356 e. The van der Waals surface area contributed by atoms with Crippen molar-refractivity contribution in [3.8, 4) is 0 Å². The second-order valence-electron chi connectivity index (χ2n) is 4.55. The van der Waals surface area contributed by atoms with E-state index in [1.165, 1.54) is 0 Å². The minimum atomic E-state index is 0.0484. The van der Waals surface area contributed by atoms with E-state index in [1.807, 2.05) is 18.2 Å². The van der Waals surface area contributed by atoms with Crippen LogP contribution in [0.5, 0.6) is 0 Å². The molecule has 1 aromatic heterocycles. The van der Waals surface area contributed by atoms with Gasteiger partial charge >= 0.3 is 0 Å². The molecule has 0 aliphatic carbocycles. The number of hydrogen-bond acceptors (Lipinski definition) is 4. The molecular weight excluding hydrogens is 228 g/mol. The summed E-state index contributed by atoms with van der Waals surface area (Å²) in [6.45, 7) is 2.76. The molecule has 0 saturated carbocycles. The molecule has 5 nitrogen and oxygen atoms in total. The Morgan fingerprint density at radius 3 is 3.17 bits per heavy atom. The van der Waals surface area contributed by atoms with Gasteiger partial charge in [0.15, 0.2) is 0 Å². The van der Waals surface area contributed by atoms with Gasteiger partial charge in [-0.3, -0.25) is 4.79 Å². The van der Waals surface area contributed by atoms with Gasteiger partial charge < -0.3 is 16.0 Å². The summed E-state index contributed by atoms with van der Waals surface area (Å²) in [6, 6.07) is 5.86. The molecule has 1 unspecified atom stereocenters. The van der Waals surface area contributed by atoms with Crippen molar-refractivity contribution in [2.75, 3.05) is 31.1 Å². The minimum Gasteiger partial charge on any atom is -0.356 e. The van der Waals surface area contributed by atoms with Crippen LogP contribution in [0.25, 0.3) is 0 Å². The average Bonchev–Trinajstić information content (AvgIpc) is 2.46. The number of amides is 1. The van der Waals surface area contributed by atoms with Crippen LogP contribution in [0.1, 0.15) is 12.8 Å². The van der Waals surface area contributed by atoms with Gasteiger partial charge in [0.1, 0.15) is 5.82 Å². The Kier molecular flexibility index (Phi) is 4.52. The predicted molar refractivity (Wildman–Crippen MR) is 71.2 cm³/mol. The lowest BCUT2D eigenvalue weighted by Gasteiger charge is -2.32. The molecule has 3 N–H and O–H groups in total. The number of anilines is 1. The third-order valence-electron chi connectivity index (χ3n) is 3.21. The van der Waals surface area contributed by atoms with E-state index in [-0.39, 0.29) is 11.8 Å². The van der Waals surface area contributed by atoms with Crippen LogP contribution in [0.4, 0.5) is 5.82 Å². The van der Waals surface area contributed by atoms with Crippen LogP contribution in [0.3, 0.4) is 0 Å². The Balaban J connectivity index is 1.94. The molecule has 1 aromatic rings. The Labute approximate surface area is 107 Å². The maximum Gasteiger partial charge on any atom is 0.224 e. The Morgan fingerprint density at radius 2 is 2.44 bits per heavy atom. The Morgan fingerprint density at radius 1 is 1.56 bits per heavy atom. The SMILES string of the molecule is NCCNC(=O)C1CCCN(c2ccccn2)C1. The maximum atomic E-state index is 11.9. The molecule has 1 amide bonds. The van der Waals surface area contributed by atoms with Crippen LogP contribution < -0.4 is 16.0 Å². The van der Waals surface area contributed by atoms with E-state index in [0.717, 1.165) is 31.7 Å². The highest BCUT2D eigenvalue weighted by Crippen LogP contribution is 2.21. The topological polar surface area (TPSA) is 71.2 Å². The lowest BCUT2D eigenvalue weighted by Crippen LogP contribution is -2.44. The number of rotatable bonds is 4. The van der Waals surface area contributed by atoms with Crippen LogP contribution in [-0.2, 0) is 4.79 Å². The number of carbonyl (C=O) groups is 1. The van der Waals surface area contributed by atoms with Gasteiger partial charge in [-0.2, -0.15) is 0 Å². The number of nitrogens with two attached hydrogens (primary N) is 1. The standard InChI is InChI=1S/C13H20N4O/c14-6-8-16-13(18)11-4-3-9-17(10-11)12-5-1-2-7-15-12/h1-2,5,7,11H,3-4,6,8-10,14H2,(H,16,18). The van der Waals surface area contributed by atoms with Gasteiger partial charge in [0.25, 0.3) is 0 Å². The maximum absolute atomic E-state index is 11.9. The number of pyridine rings is 1. The van der Waals surface area contributed by atoms with Crippen LogP contribution in [-0.4, -0.2) is 37.1 Å². The lowest BCUT2D eigenvalue weighted by molar-refractivity contribution is -0.125. The van der Waals surface area contributed by atoms with E-state index < -0.39 is 0 Å². The predicted octanol–water partition coefficient (Wildman–Crippen LogP) is 0.373. The Hall–Kier alpha value is -1.62. The van der Waals surface area contributed by atoms with Crippen molar-refractivity contribution in [2.45, 2.75) is 12.8 Å². The van der Waals surface area contributed by atoms with E-state index in [2.05, 4.69) is 15.2 Å². The van der Waals surface area contributed by atoms with E-state index in [4.69, 9.17) is 5.73 Å². The van der Waals surface area contributed by atoms with Gasteiger partial charge in [-0.25, -0.2) is 4.98 Å². The van der Waals surface area contributed by atoms with Crippen molar-refractivity contribution < 1.29 is 4.79 Å². The van der Waals surface area contributed by atoms with Crippen LogP contribution >= 0.6 is 0 Å². The molecule has 1 fully saturated rings. The smallest absolute Gasteiger partial charge is 0.224 e. The third kappa shape index (κ3) is 3.20. The molecule has 1 aliphatic rings. The molecule has 5 heteroatoms. The molecule has 1 saturated heterocycles. The number of nitrogens with zero attached hydrogens (tertiary/aromatic N) is 2. The fourth-order valence-electron chi connectivity index (χ4n) is 2.28. The zero-order valence-electron chi connectivity index (χ0n) is 10.5. The zero-order chi connectivity index (χ0) is 12.8. The molecule has 0 radical (unpaired) electrons. The molecule has 0 aromatic carbocycles. The van der Waals surface area contributed by atoms with E-state index in [0.29, 0.717) is 13.1 Å².